The Bertz CT molecular complexity index is 702. The van der Waals surface area contributed by atoms with Gasteiger partial charge in [-0.15, -0.1) is 0 Å². The number of fused-ring (bicyclic) bond motifs is 1. The highest BCUT2D eigenvalue weighted by molar-refractivity contribution is 9.10. The first-order chi connectivity index (χ1) is 9.58. The monoisotopic (exact) mass is 334 g/mol. The van der Waals surface area contributed by atoms with Crippen LogP contribution in [0.5, 0.6) is 0 Å². The van der Waals surface area contributed by atoms with Gasteiger partial charge in [0, 0.05) is 11.0 Å². The van der Waals surface area contributed by atoms with Crippen LogP contribution in [0.25, 0.3) is 0 Å². The molecule has 0 spiro atoms. The molecule has 0 aliphatic carbocycles. The van der Waals surface area contributed by atoms with Gasteiger partial charge in [-0.2, -0.15) is 0 Å². The molecule has 2 aromatic rings. The van der Waals surface area contributed by atoms with E-state index in [1.807, 2.05) is 12.1 Å². The van der Waals surface area contributed by atoms with E-state index in [2.05, 4.69) is 15.9 Å². The number of hydrogen-bond acceptors (Lipinski definition) is 2. The normalized spacial score (nSPS) is 13.4. The van der Waals surface area contributed by atoms with Gasteiger partial charge in [-0.25, -0.2) is 4.39 Å². The van der Waals surface area contributed by atoms with Crippen molar-refractivity contribution in [2.24, 2.45) is 0 Å². The smallest absolute Gasteiger partial charge is 0.261 e. The van der Waals surface area contributed by atoms with E-state index < -0.39 is 5.82 Å². The number of anilines is 2. The standard InChI is InChI=1S/C15H12BrFN2O/c16-10-4-5-12(17)11(8-10)15(20)19-7-6-9-2-1-3-13(18)14(9)19/h1-5,8H,6-7,18H2. The zero-order valence-corrected chi connectivity index (χ0v) is 12.2. The number of para-hydroxylation sites is 1. The number of hydrogen-bond donors (Lipinski definition) is 1. The average Bonchev–Trinajstić information content (AvgIpc) is 2.86. The molecule has 0 unspecified atom stereocenters. The molecule has 1 heterocycles. The molecule has 0 atom stereocenters. The Morgan fingerprint density at radius 2 is 2.10 bits per heavy atom. The summed E-state index contributed by atoms with van der Waals surface area (Å²) in [6, 6.07) is 9.90. The average molecular weight is 335 g/mol. The molecule has 0 aromatic heterocycles. The van der Waals surface area contributed by atoms with E-state index in [0.29, 0.717) is 22.4 Å². The minimum absolute atomic E-state index is 0.0514. The van der Waals surface area contributed by atoms with Crippen LogP contribution in [0.3, 0.4) is 0 Å². The lowest BCUT2D eigenvalue weighted by Gasteiger charge is -2.19. The zero-order chi connectivity index (χ0) is 14.3. The highest BCUT2D eigenvalue weighted by atomic mass is 79.9. The number of nitrogens with zero attached hydrogens (tertiary/aromatic N) is 1. The van der Waals surface area contributed by atoms with Crippen LogP contribution in [-0.2, 0) is 6.42 Å². The number of benzene rings is 2. The number of rotatable bonds is 1. The predicted molar refractivity (Wildman–Crippen MR) is 80.3 cm³/mol. The molecule has 102 valence electrons. The molecule has 3 rings (SSSR count). The van der Waals surface area contributed by atoms with Crippen LogP contribution in [0.15, 0.2) is 40.9 Å². The first kappa shape index (κ1) is 13.1. The van der Waals surface area contributed by atoms with Crippen LogP contribution in [-0.4, -0.2) is 12.5 Å². The fourth-order valence-electron chi connectivity index (χ4n) is 2.50. The topological polar surface area (TPSA) is 46.3 Å². The van der Waals surface area contributed by atoms with Crippen molar-refractivity contribution in [3.05, 3.63) is 57.8 Å². The summed E-state index contributed by atoms with van der Waals surface area (Å²) >= 11 is 3.26. The second kappa shape index (κ2) is 4.90. The number of halogens is 2. The largest absolute Gasteiger partial charge is 0.397 e. The lowest BCUT2D eigenvalue weighted by Crippen LogP contribution is -2.30. The van der Waals surface area contributed by atoms with Crippen molar-refractivity contribution in [2.45, 2.75) is 6.42 Å². The fourth-order valence-corrected chi connectivity index (χ4v) is 2.86. The Labute approximate surface area is 124 Å². The maximum atomic E-state index is 13.9. The summed E-state index contributed by atoms with van der Waals surface area (Å²) < 4.78 is 14.5. The van der Waals surface area contributed by atoms with Crippen molar-refractivity contribution >= 4 is 33.2 Å². The van der Waals surface area contributed by atoms with Crippen LogP contribution < -0.4 is 10.6 Å². The Morgan fingerprint density at radius 1 is 1.30 bits per heavy atom. The van der Waals surface area contributed by atoms with E-state index in [1.54, 1.807) is 17.0 Å². The van der Waals surface area contributed by atoms with Crippen molar-refractivity contribution < 1.29 is 9.18 Å². The van der Waals surface area contributed by atoms with Crippen molar-refractivity contribution in [3.63, 3.8) is 0 Å². The van der Waals surface area contributed by atoms with Crippen LogP contribution >= 0.6 is 15.9 Å². The summed E-state index contributed by atoms with van der Waals surface area (Å²) in [5.74, 6) is -0.887. The van der Waals surface area contributed by atoms with Crippen LogP contribution in [0.2, 0.25) is 0 Å². The van der Waals surface area contributed by atoms with Crippen LogP contribution in [0.1, 0.15) is 15.9 Å². The second-order valence-corrected chi connectivity index (χ2v) is 5.60. The Morgan fingerprint density at radius 3 is 2.90 bits per heavy atom. The highest BCUT2D eigenvalue weighted by Crippen LogP contribution is 2.35. The number of amides is 1. The molecule has 0 saturated heterocycles. The second-order valence-electron chi connectivity index (χ2n) is 4.69. The fraction of sp³-hybridized carbons (Fsp3) is 0.133. The van der Waals surface area contributed by atoms with Crippen molar-refractivity contribution in [2.75, 3.05) is 17.2 Å². The minimum Gasteiger partial charge on any atom is -0.397 e. The number of nitrogen functional groups attached to an aromatic ring is 1. The summed E-state index contributed by atoms with van der Waals surface area (Å²) in [6.07, 6.45) is 0.738. The third kappa shape index (κ3) is 2.08. The molecule has 3 nitrogen and oxygen atoms in total. The van der Waals surface area contributed by atoms with Gasteiger partial charge in [0.15, 0.2) is 0 Å². The quantitative estimate of drug-likeness (QED) is 0.812. The van der Waals surface area contributed by atoms with Gasteiger partial charge in [-0.3, -0.25) is 4.79 Å². The molecule has 1 amide bonds. The molecular weight excluding hydrogens is 323 g/mol. The number of carbonyl (C=O) groups is 1. The minimum atomic E-state index is -0.527. The van der Waals surface area contributed by atoms with E-state index in [4.69, 9.17) is 5.73 Å². The molecule has 2 aromatic carbocycles. The van der Waals surface area contributed by atoms with Crippen molar-refractivity contribution in [1.82, 2.24) is 0 Å². The van der Waals surface area contributed by atoms with Crippen LogP contribution in [0, 0.1) is 5.82 Å². The van der Waals surface area contributed by atoms with Crippen molar-refractivity contribution in [3.8, 4) is 0 Å². The number of nitrogens with two attached hydrogens (primary N) is 1. The summed E-state index contributed by atoms with van der Waals surface area (Å²) in [6.45, 7) is 0.522. The number of carbonyl (C=O) groups excluding carboxylic acids is 1. The highest BCUT2D eigenvalue weighted by Gasteiger charge is 2.28. The Balaban J connectivity index is 2.04. The van der Waals surface area contributed by atoms with Gasteiger partial charge < -0.3 is 10.6 Å². The van der Waals surface area contributed by atoms with Gasteiger partial charge in [-0.1, -0.05) is 28.1 Å². The molecule has 1 aliphatic heterocycles. The summed E-state index contributed by atoms with van der Waals surface area (Å²) in [5, 5.41) is 0. The maximum absolute atomic E-state index is 13.9. The van der Waals surface area contributed by atoms with Gasteiger partial charge in [-0.05, 0) is 36.2 Å². The lowest BCUT2D eigenvalue weighted by molar-refractivity contribution is 0.0985. The van der Waals surface area contributed by atoms with Crippen molar-refractivity contribution in [1.29, 1.82) is 0 Å². The molecule has 20 heavy (non-hydrogen) atoms. The van der Waals surface area contributed by atoms with Gasteiger partial charge in [0.2, 0.25) is 0 Å². The van der Waals surface area contributed by atoms with Gasteiger partial charge in [0.05, 0.1) is 16.9 Å². The zero-order valence-electron chi connectivity index (χ0n) is 10.6. The lowest BCUT2D eigenvalue weighted by atomic mass is 10.1. The van der Waals surface area contributed by atoms with Gasteiger partial charge in [0.1, 0.15) is 5.82 Å². The molecule has 0 bridgehead atoms. The molecule has 0 fully saturated rings. The molecule has 2 N–H and O–H groups in total. The summed E-state index contributed by atoms with van der Waals surface area (Å²) in [4.78, 5) is 14.1. The van der Waals surface area contributed by atoms with Crippen LogP contribution in [0.4, 0.5) is 15.8 Å². The molecule has 5 heteroatoms. The van der Waals surface area contributed by atoms with E-state index in [-0.39, 0.29) is 11.5 Å². The third-order valence-electron chi connectivity index (χ3n) is 3.43. The summed E-state index contributed by atoms with van der Waals surface area (Å²) in [5.41, 5.74) is 8.27. The van der Waals surface area contributed by atoms with Gasteiger partial charge >= 0.3 is 0 Å². The SMILES string of the molecule is Nc1cccc2c1N(C(=O)c1cc(Br)ccc1F)CC2. The first-order valence-corrected chi connectivity index (χ1v) is 7.01. The predicted octanol–water partition coefficient (Wildman–Crippen LogP) is 3.37. The van der Waals surface area contributed by atoms with E-state index in [0.717, 1.165) is 12.0 Å². The van der Waals surface area contributed by atoms with E-state index >= 15 is 0 Å². The summed E-state index contributed by atoms with van der Waals surface area (Å²) in [7, 11) is 0. The maximum Gasteiger partial charge on any atom is 0.261 e. The van der Waals surface area contributed by atoms with E-state index in [1.165, 1.54) is 12.1 Å². The molecule has 0 saturated carbocycles. The Hall–Kier alpha value is -1.88. The van der Waals surface area contributed by atoms with E-state index in [9.17, 15) is 9.18 Å². The Kier molecular flexibility index (Phi) is 3.22. The molecule has 1 aliphatic rings. The molecule has 0 radical (unpaired) electrons. The first-order valence-electron chi connectivity index (χ1n) is 6.22. The van der Waals surface area contributed by atoms with Gasteiger partial charge in [0.25, 0.3) is 5.91 Å². The third-order valence-corrected chi connectivity index (χ3v) is 3.92. The molecular formula is C15H12BrFN2O.